The Hall–Kier alpha value is -2.18. The van der Waals surface area contributed by atoms with E-state index in [-0.39, 0.29) is 6.61 Å². The molecule has 0 unspecified atom stereocenters. The van der Waals surface area contributed by atoms with Gasteiger partial charge in [-0.15, -0.1) is 0 Å². The van der Waals surface area contributed by atoms with Crippen molar-refractivity contribution in [1.82, 2.24) is 4.98 Å². The average molecular weight is 210 g/mol. The highest BCUT2D eigenvalue weighted by atomic mass is 16.3. The lowest BCUT2D eigenvalue weighted by atomic mass is 10.0. The van der Waals surface area contributed by atoms with Crippen LogP contribution in [0.5, 0.6) is 0 Å². The van der Waals surface area contributed by atoms with Crippen LogP contribution in [-0.4, -0.2) is 10.1 Å². The van der Waals surface area contributed by atoms with Gasteiger partial charge in [-0.1, -0.05) is 18.2 Å². The zero-order valence-electron chi connectivity index (χ0n) is 8.59. The molecule has 0 saturated carbocycles. The first-order valence-electron chi connectivity index (χ1n) is 4.89. The minimum Gasteiger partial charge on any atom is -0.392 e. The molecule has 1 aromatic carbocycles. The van der Waals surface area contributed by atoms with Gasteiger partial charge in [-0.3, -0.25) is 4.98 Å². The van der Waals surface area contributed by atoms with Crippen LogP contribution >= 0.6 is 0 Å². The molecule has 0 amide bonds. The molecular weight excluding hydrogens is 200 g/mol. The number of pyridine rings is 1. The number of benzene rings is 1. The summed E-state index contributed by atoms with van der Waals surface area (Å²) in [5, 5.41) is 17.8. The molecule has 3 heteroatoms. The van der Waals surface area contributed by atoms with E-state index in [1.165, 1.54) is 6.20 Å². The number of aliphatic hydroxyl groups is 1. The lowest BCUT2D eigenvalue weighted by Crippen LogP contribution is -1.86. The van der Waals surface area contributed by atoms with Gasteiger partial charge < -0.3 is 5.11 Å². The first-order chi connectivity index (χ1) is 7.83. The van der Waals surface area contributed by atoms with Gasteiger partial charge in [-0.2, -0.15) is 5.26 Å². The number of nitriles is 1. The van der Waals surface area contributed by atoms with E-state index in [9.17, 15) is 0 Å². The number of rotatable bonds is 2. The van der Waals surface area contributed by atoms with Crippen molar-refractivity contribution < 1.29 is 5.11 Å². The molecular formula is C13H10N2O. The Kier molecular flexibility index (Phi) is 2.95. The summed E-state index contributed by atoms with van der Waals surface area (Å²) < 4.78 is 0. The van der Waals surface area contributed by atoms with Crippen molar-refractivity contribution in [2.24, 2.45) is 0 Å². The minimum absolute atomic E-state index is 0.0131. The molecule has 0 aliphatic heterocycles. The highest BCUT2D eigenvalue weighted by Gasteiger charge is 2.00. The van der Waals surface area contributed by atoms with Gasteiger partial charge >= 0.3 is 0 Å². The Labute approximate surface area is 93.6 Å². The van der Waals surface area contributed by atoms with Crippen LogP contribution in [0.2, 0.25) is 0 Å². The molecule has 2 aromatic rings. The molecule has 3 nitrogen and oxygen atoms in total. The molecule has 0 aliphatic rings. The van der Waals surface area contributed by atoms with Crippen molar-refractivity contribution >= 4 is 0 Å². The molecule has 16 heavy (non-hydrogen) atoms. The van der Waals surface area contributed by atoms with Gasteiger partial charge in [-0.25, -0.2) is 0 Å². The summed E-state index contributed by atoms with van der Waals surface area (Å²) in [5.41, 5.74) is 3.22. The van der Waals surface area contributed by atoms with E-state index < -0.39 is 0 Å². The zero-order valence-corrected chi connectivity index (χ0v) is 8.59. The van der Waals surface area contributed by atoms with Crippen LogP contribution in [0, 0.1) is 11.3 Å². The third-order valence-electron chi connectivity index (χ3n) is 2.31. The third kappa shape index (κ3) is 2.08. The number of hydrogen-bond donors (Lipinski definition) is 1. The van der Waals surface area contributed by atoms with Gasteiger partial charge in [0.15, 0.2) is 0 Å². The van der Waals surface area contributed by atoms with Crippen molar-refractivity contribution in [3.8, 4) is 17.2 Å². The molecule has 1 heterocycles. The predicted octanol–water partition coefficient (Wildman–Crippen LogP) is 2.11. The van der Waals surface area contributed by atoms with Gasteiger partial charge in [0.05, 0.1) is 12.2 Å². The summed E-state index contributed by atoms with van der Waals surface area (Å²) in [4.78, 5) is 4.00. The SMILES string of the molecule is N#Cc1cncc(-c2cccc(CO)c2)c1. The minimum atomic E-state index is 0.0131. The standard InChI is InChI=1S/C13H10N2O/c14-6-11-5-13(8-15-7-11)12-3-1-2-10(4-12)9-16/h1-5,7-8,16H,9H2. The molecule has 1 N–H and O–H groups in total. The van der Waals surface area contributed by atoms with Crippen molar-refractivity contribution in [2.75, 3.05) is 0 Å². The van der Waals surface area contributed by atoms with Crippen LogP contribution < -0.4 is 0 Å². The second-order valence-corrected chi connectivity index (χ2v) is 3.43. The first kappa shape index (κ1) is 10.3. The topological polar surface area (TPSA) is 56.9 Å². The predicted molar refractivity (Wildman–Crippen MR) is 60.3 cm³/mol. The quantitative estimate of drug-likeness (QED) is 0.825. The molecule has 0 atom stereocenters. The van der Waals surface area contributed by atoms with Gasteiger partial charge in [0.2, 0.25) is 0 Å². The summed E-state index contributed by atoms with van der Waals surface area (Å²) in [7, 11) is 0. The van der Waals surface area contributed by atoms with Crippen molar-refractivity contribution in [2.45, 2.75) is 6.61 Å². The van der Waals surface area contributed by atoms with E-state index in [0.717, 1.165) is 16.7 Å². The lowest BCUT2D eigenvalue weighted by Gasteiger charge is -2.03. The number of nitrogens with zero attached hydrogens (tertiary/aromatic N) is 2. The average Bonchev–Trinajstić information content (AvgIpc) is 2.39. The Balaban J connectivity index is 2.46. The highest BCUT2D eigenvalue weighted by Crippen LogP contribution is 2.20. The highest BCUT2D eigenvalue weighted by molar-refractivity contribution is 5.64. The molecule has 2 rings (SSSR count). The van der Waals surface area contributed by atoms with Crippen LogP contribution in [0.3, 0.4) is 0 Å². The van der Waals surface area contributed by atoms with Crippen molar-refractivity contribution in [3.63, 3.8) is 0 Å². The van der Waals surface area contributed by atoms with Crippen LogP contribution in [-0.2, 0) is 6.61 Å². The summed E-state index contributed by atoms with van der Waals surface area (Å²) >= 11 is 0. The molecule has 1 aromatic heterocycles. The molecule has 0 radical (unpaired) electrons. The van der Waals surface area contributed by atoms with E-state index in [4.69, 9.17) is 10.4 Å². The second-order valence-electron chi connectivity index (χ2n) is 3.43. The van der Waals surface area contributed by atoms with Crippen LogP contribution in [0.25, 0.3) is 11.1 Å². The van der Waals surface area contributed by atoms with E-state index >= 15 is 0 Å². The molecule has 0 fully saturated rings. The molecule has 0 saturated heterocycles. The maximum absolute atomic E-state index is 9.04. The smallest absolute Gasteiger partial charge is 0.101 e. The molecule has 78 valence electrons. The third-order valence-corrected chi connectivity index (χ3v) is 2.31. The Morgan fingerprint density at radius 3 is 2.81 bits per heavy atom. The van der Waals surface area contributed by atoms with Gasteiger partial charge in [-0.05, 0) is 23.3 Å². The Bertz CT molecular complexity index is 544. The Morgan fingerprint density at radius 2 is 2.06 bits per heavy atom. The molecule has 0 spiro atoms. The number of hydrogen-bond acceptors (Lipinski definition) is 3. The normalized spacial score (nSPS) is 9.75. The Morgan fingerprint density at radius 1 is 1.19 bits per heavy atom. The maximum atomic E-state index is 9.04. The fraction of sp³-hybridized carbons (Fsp3) is 0.0769. The van der Waals surface area contributed by atoms with Gasteiger partial charge in [0.25, 0.3) is 0 Å². The fourth-order valence-corrected chi connectivity index (χ4v) is 1.51. The lowest BCUT2D eigenvalue weighted by molar-refractivity contribution is 0.282. The largest absolute Gasteiger partial charge is 0.392 e. The van der Waals surface area contributed by atoms with Crippen LogP contribution in [0.4, 0.5) is 0 Å². The van der Waals surface area contributed by atoms with Crippen LogP contribution in [0.1, 0.15) is 11.1 Å². The maximum Gasteiger partial charge on any atom is 0.101 e. The fourth-order valence-electron chi connectivity index (χ4n) is 1.51. The van der Waals surface area contributed by atoms with Crippen molar-refractivity contribution in [1.29, 1.82) is 5.26 Å². The molecule has 0 bridgehead atoms. The van der Waals surface area contributed by atoms with E-state index in [1.54, 1.807) is 12.3 Å². The van der Waals surface area contributed by atoms with Crippen molar-refractivity contribution in [3.05, 3.63) is 53.9 Å². The zero-order chi connectivity index (χ0) is 11.4. The summed E-state index contributed by atoms with van der Waals surface area (Å²) in [6.45, 7) is 0.0131. The van der Waals surface area contributed by atoms with E-state index in [0.29, 0.717) is 5.56 Å². The monoisotopic (exact) mass is 210 g/mol. The van der Waals surface area contributed by atoms with E-state index in [1.807, 2.05) is 24.3 Å². The van der Waals surface area contributed by atoms with Gasteiger partial charge in [0, 0.05) is 18.0 Å². The summed E-state index contributed by atoms with van der Waals surface area (Å²) in [5.74, 6) is 0. The second kappa shape index (κ2) is 4.56. The summed E-state index contributed by atoms with van der Waals surface area (Å²) in [6.07, 6.45) is 3.23. The molecule has 0 aliphatic carbocycles. The number of aromatic nitrogens is 1. The van der Waals surface area contributed by atoms with Gasteiger partial charge in [0.1, 0.15) is 6.07 Å². The summed E-state index contributed by atoms with van der Waals surface area (Å²) in [6, 6.07) is 11.4. The first-order valence-corrected chi connectivity index (χ1v) is 4.89. The van der Waals surface area contributed by atoms with Crippen LogP contribution in [0.15, 0.2) is 42.7 Å². The van der Waals surface area contributed by atoms with E-state index in [2.05, 4.69) is 11.1 Å². The number of aliphatic hydroxyl groups excluding tert-OH is 1.